The highest BCUT2D eigenvalue weighted by Crippen LogP contribution is 2.32. The molecule has 0 fully saturated rings. The molecule has 0 aromatic heterocycles. The van der Waals surface area contributed by atoms with Gasteiger partial charge in [0.05, 0.1) is 14.7 Å². The van der Waals surface area contributed by atoms with Crippen LogP contribution >= 0.6 is 22.6 Å². The first-order valence-corrected chi connectivity index (χ1v) is 5.67. The smallest absolute Gasteiger partial charge is 0.262 e. The number of rotatable bonds is 1. The summed E-state index contributed by atoms with van der Waals surface area (Å²) in [5, 5.41) is 0. The summed E-state index contributed by atoms with van der Waals surface area (Å²) in [6, 6.07) is 6.93. The van der Waals surface area contributed by atoms with Gasteiger partial charge in [0.15, 0.2) is 0 Å². The Balaban J connectivity index is 2.55. The molecule has 0 saturated heterocycles. The van der Waals surface area contributed by atoms with Gasteiger partial charge in [-0.3, -0.25) is 14.5 Å². The van der Waals surface area contributed by atoms with Crippen molar-refractivity contribution in [1.29, 1.82) is 0 Å². The largest absolute Gasteiger partial charge is 0.269 e. The van der Waals surface area contributed by atoms with E-state index in [9.17, 15) is 9.59 Å². The summed E-state index contributed by atoms with van der Waals surface area (Å²) in [6.45, 7) is 3.68. The number of halogens is 1. The number of alkyl halides is 1. The first-order chi connectivity index (χ1) is 6.93. The zero-order valence-corrected chi connectivity index (χ0v) is 10.6. The van der Waals surface area contributed by atoms with Crippen LogP contribution < -0.4 is 0 Å². The van der Waals surface area contributed by atoms with E-state index in [-0.39, 0.29) is 11.8 Å². The molecule has 0 saturated carbocycles. The van der Waals surface area contributed by atoms with E-state index in [0.717, 1.165) is 0 Å². The van der Waals surface area contributed by atoms with Gasteiger partial charge >= 0.3 is 0 Å². The minimum Gasteiger partial charge on any atom is -0.269 e. The fourth-order valence-electron chi connectivity index (χ4n) is 1.67. The molecule has 78 valence electrons. The number of amides is 2. The Morgan fingerprint density at radius 3 is 1.80 bits per heavy atom. The Hall–Kier alpha value is -0.910. The molecule has 15 heavy (non-hydrogen) atoms. The first-order valence-electron chi connectivity index (χ1n) is 4.60. The van der Waals surface area contributed by atoms with E-state index in [1.54, 1.807) is 24.3 Å². The molecular weight excluding hydrogens is 305 g/mol. The van der Waals surface area contributed by atoms with Crippen LogP contribution in [0.2, 0.25) is 0 Å². The summed E-state index contributed by atoms with van der Waals surface area (Å²) in [5.74, 6) is -0.398. The zero-order chi connectivity index (χ0) is 11.2. The molecule has 2 amide bonds. The molecule has 2 rings (SSSR count). The molecule has 0 radical (unpaired) electrons. The van der Waals surface area contributed by atoms with Gasteiger partial charge in [-0.15, -0.1) is 0 Å². The summed E-state index contributed by atoms with van der Waals surface area (Å²) in [5.41, 5.74) is 1.01. The fourth-order valence-corrected chi connectivity index (χ4v) is 2.11. The van der Waals surface area contributed by atoms with Crippen LogP contribution in [0.25, 0.3) is 0 Å². The van der Waals surface area contributed by atoms with E-state index in [0.29, 0.717) is 11.1 Å². The van der Waals surface area contributed by atoms with Gasteiger partial charge < -0.3 is 0 Å². The van der Waals surface area contributed by atoms with E-state index in [2.05, 4.69) is 22.6 Å². The molecule has 4 heteroatoms. The van der Waals surface area contributed by atoms with Gasteiger partial charge in [-0.1, -0.05) is 34.7 Å². The standard InChI is InChI=1S/C11H10INO2/c1-11(2,12)13-9(14)7-5-3-4-6-8(7)10(13)15/h3-6H,1-2H3. The lowest BCUT2D eigenvalue weighted by atomic mass is 10.1. The Kier molecular flexibility index (Phi) is 2.33. The lowest BCUT2D eigenvalue weighted by Gasteiger charge is -2.27. The highest BCUT2D eigenvalue weighted by atomic mass is 127. The van der Waals surface area contributed by atoms with Crippen LogP contribution in [0.3, 0.4) is 0 Å². The summed E-state index contributed by atoms with van der Waals surface area (Å²) >= 11 is 2.09. The Morgan fingerprint density at radius 1 is 1.07 bits per heavy atom. The second kappa shape index (κ2) is 3.30. The minimum atomic E-state index is -0.495. The Labute approximate surface area is 102 Å². The van der Waals surface area contributed by atoms with Gasteiger partial charge in [0.1, 0.15) is 0 Å². The van der Waals surface area contributed by atoms with Gasteiger partial charge in [0.2, 0.25) is 0 Å². The minimum absolute atomic E-state index is 0.199. The predicted molar refractivity (Wildman–Crippen MR) is 65.0 cm³/mol. The monoisotopic (exact) mass is 315 g/mol. The van der Waals surface area contributed by atoms with Gasteiger partial charge in [-0.25, -0.2) is 0 Å². The van der Waals surface area contributed by atoms with Crippen LogP contribution in [0.5, 0.6) is 0 Å². The van der Waals surface area contributed by atoms with E-state index in [4.69, 9.17) is 0 Å². The number of fused-ring (bicyclic) bond motifs is 1. The van der Waals surface area contributed by atoms with Crippen molar-refractivity contribution in [2.45, 2.75) is 17.4 Å². The molecule has 0 N–H and O–H groups in total. The van der Waals surface area contributed by atoms with Crippen LogP contribution in [0, 0.1) is 0 Å². The third kappa shape index (κ3) is 1.56. The number of imide groups is 1. The van der Waals surface area contributed by atoms with Crippen molar-refractivity contribution in [3.8, 4) is 0 Å². The zero-order valence-electron chi connectivity index (χ0n) is 8.45. The summed E-state index contributed by atoms with van der Waals surface area (Å²) in [7, 11) is 0. The van der Waals surface area contributed by atoms with Crippen molar-refractivity contribution in [2.24, 2.45) is 0 Å². The predicted octanol–water partition coefficient (Wildman–Crippen LogP) is 2.45. The molecule has 1 aromatic rings. The van der Waals surface area contributed by atoms with Crippen molar-refractivity contribution in [2.75, 3.05) is 0 Å². The van der Waals surface area contributed by atoms with Crippen LogP contribution in [-0.2, 0) is 0 Å². The number of hydrogen-bond acceptors (Lipinski definition) is 2. The van der Waals surface area contributed by atoms with E-state index >= 15 is 0 Å². The van der Waals surface area contributed by atoms with E-state index < -0.39 is 3.55 Å². The topological polar surface area (TPSA) is 37.4 Å². The maximum absolute atomic E-state index is 12.0. The number of hydrogen-bond donors (Lipinski definition) is 0. The summed E-state index contributed by atoms with van der Waals surface area (Å²) in [4.78, 5) is 25.2. The molecule has 1 aliphatic heterocycles. The molecule has 0 aliphatic carbocycles. The SMILES string of the molecule is CC(C)(I)N1C(=O)c2ccccc2C1=O. The summed E-state index contributed by atoms with van der Waals surface area (Å²) < 4.78 is -0.495. The maximum atomic E-state index is 12.0. The van der Waals surface area contributed by atoms with Crippen molar-refractivity contribution < 1.29 is 9.59 Å². The quantitative estimate of drug-likeness (QED) is 0.345. The number of nitrogens with zero attached hydrogens (tertiary/aromatic N) is 1. The molecule has 0 bridgehead atoms. The van der Waals surface area contributed by atoms with Crippen LogP contribution in [-0.4, -0.2) is 20.3 Å². The molecule has 1 aliphatic rings. The first kappa shape index (κ1) is 10.6. The van der Waals surface area contributed by atoms with Crippen LogP contribution in [0.15, 0.2) is 24.3 Å². The number of benzene rings is 1. The molecule has 1 heterocycles. The Bertz CT molecular complexity index is 413. The van der Waals surface area contributed by atoms with Gasteiger partial charge in [-0.2, -0.15) is 0 Å². The second-order valence-corrected chi connectivity index (χ2v) is 6.54. The van der Waals surface area contributed by atoms with Crippen molar-refractivity contribution in [1.82, 2.24) is 4.90 Å². The fraction of sp³-hybridized carbons (Fsp3) is 0.273. The highest BCUT2D eigenvalue weighted by Gasteiger charge is 2.42. The summed E-state index contributed by atoms with van der Waals surface area (Å²) in [6.07, 6.45) is 0. The van der Waals surface area contributed by atoms with E-state index in [1.807, 2.05) is 13.8 Å². The van der Waals surface area contributed by atoms with Crippen molar-refractivity contribution in [3.05, 3.63) is 35.4 Å². The molecule has 0 atom stereocenters. The average molecular weight is 315 g/mol. The number of carbonyl (C=O) groups is 2. The van der Waals surface area contributed by atoms with Gasteiger partial charge in [-0.05, 0) is 26.0 Å². The second-order valence-electron chi connectivity index (χ2n) is 3.90. The normalized spacial score (nSPS) is 15.8. The van der Waals surface area contributed by atoms with Crippen LogP contribution in [0.1, 0.15) is 34.6 Å². The third-order valence-corrected chi connectivity index (χ3v) is 2.81. The molecule has 1 aromatic carbocycles. The highest BCUT2D eigenvalue weighted by molar-refractivity contribution is 14.1. The van der Waals surface area contributed by atoms with E-state index in [1.165, 1.54) is 4.90 Å². The molecule has 0 spiro atoms. The van der Waals surface area contributed by atoms with Gasteiger partial charge in [0, 0.05) is 0 Å². The van der Waals surface area contributed by atoms with Crippen molar-refractivity contribution >= 4 is 34.4 Å². The molecule has 3 nitrogen and oxygen atoms in total. The average Bonchev–Trinajstić information content (AvgIpc) is 2.39. The molecule has 0 unspecified atom stereocenters. The van der Waals surface area contributed by atoms with Gasteiger partial charge in [0.25, 0.3) is 11.8 Å². The maximum Gasteiger partial charge on any atom is 0.262 e. The third-order valence-electron chi connectivity index (χ3n) is 2.33. The number of carbonyl (C=O) groups excluding carboxylic acids is 2. The van der Waals surface area contributed by atoms with Crippen molar-refractivity contribution in [3.63, 3.8) is 0 Å². The lowest BCUT2D eigenvalue weighted by molar-refractivity contribution is 0.0596. The lowest BCUT2D eigenvalue weighted by Crippen LogP contribution is -2.42. The van der Waals surface area contributed by atoms with Crippen LogP contribution in [0.4, 0.5) is 0 Å². The molecular formula is C11H10INO2. The Morgan fingerprint density at radius 2 is 1.47 bits per heavy atom.